The Morgan fingerprint density at radius 1 is 0.912 bits per heavy atom. The van der Waals surface area contributed by atoms with E-state index in [2.05, 4.69) is 5.32 Å². The second-order valence-electron chi connectivity index (χ2n) is 8.37. The van der Waals surface area contributed by atoms with Crippen LogP contribution in [0.3, 0.4) is 0 Å². The zero-order valence-corrected chi connectivity index (χ0v) is 19.3. The SMILES string of the molecule is O=C(NCC(c1ccccc1)c1ccccc1)C1CCN(S(=O)(=O)c2cc(F)ccc2F)CC1. The van der Waals surface area contributed by atoms with Crippen molar-refractivity contribution in [2.24, 2.45) is 5.92 Å². The zero-order valence-electron chi connectivity index (χ0n) is 18.5. The van der Waals surface area contributed by atoms with Crippen molar-refractivity contribution in [1.82, 2.24) is 9.62 Å². The molecule has 0 aliphatic carbocycles. The minimum atomic E-state index is -4.18. The second-order valence-corrected chi connectivity index (χ2v) is 10.3. The summed E-state index contributed by atoms with van der Waals surface area (Å²) in [4.78, 5) is 12.2. The van der Waals surface area contributed by atoms with Crippen LogP contribution in [0.15, 0.2) is 83.8 Å². The van der Waals surface area contributed by atoms with Crippen molar-refractivity contribution in [2.75, 3.05) is 19.6 Å². The maximum atomic E-state index is 14.0. The fourth-order valence-corrected chi connectivity index (χ4v) is 5.86. The lowest BCUT2D eigenvalue weighted by Crippen LogP contribution is -2.43. The highest BCUT2D eigenvalue weighted by atomic mass is 32.2. The number of rotatable bonds is 7. The molecule has 4 rings (SSSR count). The summed E-state index contributed by atoms with van der Waals surface area (Å²) < 4.78 is 54.2. The molecule has 1 fully saturated rings. The second kappa shape index (κ2) is 10.4. The van der Waals surface area contributed by atoms with Gasteiger partial charge in [-0.1, -0.05) is 60.7 Å². The molecule has 0 aromatic heterocycles. The summed E-state index contributed by atoms with van der Waals surface area (Å²) in [6.45, 7) is 0.550. The number of hydrogen-bond donors (Lipinski definition) is 1. The number of benzene rings is 3. The van der Waals surface area contributed by atoms with Gasteiger partial charge in [-0.3, -0.25) is 4.79 Å². The van der Waals surface area contributed by atoms with Gasteiger partial charge in [0.15, 0.2) is 0 Å². The Bertz CT molecular complexity index is 1190. The standard InChI is InChI=1S/C26H26F2N2O3S/c27-22-11-12-24(28)25(17-22)34(32,33)30-15-13-21(14-16-30)26(31)29-18-23(19-7-3-1-4-8-19)20-9-5-2-6-10-20/h1-12,17,21,23H,13-16,18H2,(H,29,31). The van der Waals surface area contributed by atoms with E-state index in [9.17, 15) is 22.0 Å². The van der Waals surface area contributed by atoms with Gasteiger partial charge in [0, 0.05) is 31.5 Å². The van der Waals surface area contributed by atoms with Crippen LogP contribution in [-0.2, 0) is 14.8 Å². The molecule has 34 heavy (non-hydrogen) atoms. The van der Waals surface area contributed by atoms with Gasteiger partial charge in [0.25, 0.3) is 0 Å². The molecule has 0 spiro atoms. The Morgan fingerprint density at radius 2 is 1.47 bits per heavy atom. The Balaban J connectivity index is 1.39. The van der Waals surface area contributed by atoms with E-state index in [1.807, 2.05) is 60.7 Å². The maximum Gasteiger partial charge on any atom is 0.246 e. The predicted octanol–water partition coefficient (Wildman–Crippen LogP) is 4.31. The van der Waals surface area contributed by atoms with Crippen molar-refractivity contribution in [3.8, 4) is 0 Å². The summed E-state index contributed by atoms with van der Waals surface area (Å²) in [5.41, 5.74) is 2.18. The summed E-state index contributed by atoms with van der Waals surface area (Å²) in [6.07, 6.45) is 0.618. The first-order chi connectivity index (χ1) is 16.4. The number of sulfonamides is 1. The van der Waals surface area contributed by atoms with E-state index >= 15 is 0 Å². The van der Waals surface area contributed by atoms with Gasteiger partial charge < -0.3 is 5.32 Å². The van der Waals surface area contributed by atoms with Crippen LogP contribution in [0.5, 0.6) is 0 Å². The van der Waals surface area contributed by atoms with Crippen molar-refractivity contribution in [1.29, 1.82) is 0 Å². The summed E-state index contributed by atoms with van der Waals surface area (Å²) in [6, 6.07) is 22.2. The lowest BCUT2D eigenvalue weighted by Gasteiger charge is -2.31. The third-order valence-electron chi connectivity index (χ3n) is 6.22. The van der Waals surface area contributed by atoms with Crippen LogP contribution in [0.2, 0.25) is 0 Å². The van der Waals surface area contributed by atoms with Gasteiger partial charge >= 0.3 is 0 Å². The number of carbonyl (C=O) groups excluding carboxylic acids is 1. The molecule has 1 heterocycles. The number of nitrogens with one attached hydrogen (secondary N) is 1. The van der Waals surface area contributed by atoms with Crippen LogP contribution in [-0.4, -0.2) is 38.3 Å². The molecule has 1 N–H and O–H groups in total. The first-order valence-corrected chi connectivity index (χ1v) is 12.6. The minimum absolute atomic E-state index is 0.0113. The Morgan fingerprint density at radius 3 is 2.03 bits per heavy atom. The lowest BCUT2D eigenvalue weighted by molar-refractivity contribution is -0.126. The highest BCUT2D eigenvalue weighted by Crippen LogP contribution is 2.27. The third kappa shape index (κ3) is 5.34. The molecule has 0 saturated carbocycles. The van der Waals surface area contributed by atoms with E-state index in [1.165, 1.54) is 0 Å². The minimum Gasteiger partial charge on any atom is -0.355 e. The van der Waals surface area contributed by atoms with E-state index in [4.69, 9.17) is 0 Å². The van der Waals surface area contributed by atoms with Crippen LogP contribution < -0.4 is 5.32 Å². The van der Waals surface area contributed by atoms with Crippen molar-refractivity contribution < 1.29 is 22.0 Å². The summed E-state index contributed by atoms with van der Waals surface area (Å²) >= 11 is 0. The molecular weight excluding hydrogens is 458 g/mol. The van der Waals surface area contributed by atoms with Gasteiger partial charge in [-0.25, -0.2) is 17.2 Å². The number of carbonyl (C=O) groups is 1. The summed E-state index contributed by atoms with van der Waals surface area (Å²) in [5, 5.41) is 3.03. The molecule has 178 valence electrons. The van der Waals surface area contributed by atoms with Gasteiger partial charge in [0.2, 0.25) is 15.9 Å². The van der Waals surface area contributed by atoms with Crippen LogP contribution in [0, 0.1) is 17.6 Å². The van der Waals surface area contributed by atoms with Crippen LogP contribution >= 0.6 is 0 Å². The van der Waals surface area contributed by atoms with Crippen molar-refractivity contribution >= 4 is 15.9 Å². The molecule has 3 aromatic carbocycles. The zero-order chi connectivity index (χ0) is 24.1. The number of piperidine rings is 1. The number of halogens is 2. The third-order valence-corrected chi connectivity index (χ3v) is 8.13. The lowest BCUT2D eigenvalue weighted by atomic mass is 9.90. The van der Waals surface area contributed by atoms with E-state index in [1.54, 1.807) is 0 Å². The molecule has 0 atom stereocenters. The molecule has 3 aromatic rings. The van der Waals surface area contributed by atoms with Gasteiger partial charge in [-0.2, -0.15) is 4.31 Å². The molecule has 5 nitrogen and oxygen atoms in total. The monoisotopic (exact) mass is 484 g/mol. The van der Waals surface area contributed by atoms with Crippen LogP contribution in [0.4, 0.5) is 8.78 Å². The van der Waals surface area contributed by atoms with E-state index in [0.717, 1.165) is 27.6 Å². The number of hydrogen-bond acceptors (Lipinski definition) is 3. The molecular formula is C26H26F2N2O3S. The topological polar surface area (TPSA) is 66.5 Å². The summed E-state index contributed by atoms with van der Waals surface area (Å²) in [7, 11) is -4.18. The molecule has 1 amide bonds. The highest BCUT2D eigenvalue weighted by Gasteiger charge is 2.34. The summed E-state index contributed by atoms with van der Waals surface area (Å²) in [5.74, 6) is -2.31. The van der Waals surface area contributed by atoms with E-state index in [0.29, 0.717) is 25.5 Å². The Kier molecular flexibility index (Phi) is 7.38. The molecule has 0 radical (unpaired) electrons. The molecule has 0 bridgehead atoms. The van der Waals surface area contributed by atoms with E-state index in [-0.39, 0.29) is 30.8 Å². The number of amides is 1. The van der Waals surface area contributed by atoms with Gasteiger partial charge in [-0.05, 0) is 42.2 Å². The number of nitrogens with zero attached hydrogens (tertiary/aromatic N) is 1. The van der Waals surface area contributed by atoms with Crippen LogP contribution in [0.25, 0.3) is 0 Å². The largest absolute Gasteiger partial charge is 0.355 e. The first-order valence-electron chi connectivity index (χ1n) is 11.2. The average molecular weight is 485 g/mol. The Labute approximate surface area is 198 Å². The molecule has 0 unspecified atom stereocenters. The smallest absolute Gasteiger partial charge is 0.246 e. The quantitative estimate of drug-likeness (QED) is 0.543. The molecule has 1 aliphatic heterocycles. The van der Waals surface area contributed by atoms with Crippen molar-refractivity contribution in [3.05, 3.63) is 102 Å². The predicted molar refractivity (Wildman–Crippen MR) is 126 cm³/mol. The fraction of sp³-hybridized carbons (Fsp3) is 0.269. The molecule has 1 aliphatic rings. The average Bonchev–Trinajstić information content (AvgIpc) is 2.87. The van der Waals surface area contributed by atoms with Crippen molar-refractivity contribution in [2.45, 2.75) is 23.7 Å². The normalized spacial score (nSPS) is 15.4. The van der Waals surface area contributed by atoms with Crippen LogP contribution in [0.1, 0.15) is 29.9 Å². The van der Waals surface area contributed by atoms with Gasteiger partial charge in [0.05, 0.1) is 0 Å². The molecule has 8 heteroatoms. The van der Waals surface area contributed by atoms with Gasteiger partial charge in [0.1, 0.15) is 16.5 Å². The Hall–Kier alpha value is -3.10. The maximum absolute atomic E-state index is 14.0. The molecule has 1 saturated heterocycles. The van der Waals surface area contributed by atoms with Crippen molar-refractivity contribution in [3.63, 3.8) is 0 Å². The highest BCUT2D eigenvalue weighted by molar-refractivity contribution is 7.89. The fourth-order valence-electron chi connectivity index (χ4n) is 4.32. The van der Waals surface area contributed by atoms with E-state index < -0.39 is 26.6 Å². The first kappa shape index (κ1) is 24.0. The van der Waals surface area contributed by atoms with Gasteiger partial charge in [-0.15, -0.1) is 0 Å².